The van der Waals surface area contributed by atoms with Crippen molar-refractivity contribution in [3.8, 4) is 0 Å². The lowest BCUT2D eigenvalue weighted by molar-refractivity contribution is 0.0853. The smallest absolute Gasteiger partial charge is 0.235 e. The highest BCUT2D eigenvalue weighted by Gasteiger charge is 2.38. The van der Waals surface area contributed by atoms with Crippen LogP contribution in [0.4, 0.5) is 0 Å². The zero-order chi connectivity index (χ0) is 13.1. The molecule has 0 radical (unpaired) electrons. The predicted octanol–water partition coefficient (Wildman–Crippen LogP) is 3.30. The lowest BCUT2D eigenvalue weighted by Crippen LogP contribution is -2.31. The van der Waals surface area contributed by atoms with Crippen molar-refractivity contribution in [1.82, 2.24) is 0 Å². The van der Waals surface area contributed by atoms with Gasteiger partial charge < -0.3 is 4.74 Å². The van der Waals surface area contributed by atoms with Crippen LogP contribution in [0.2, 0.25) is 0 Å². The van der Waals surface area contributed by atoms with Gasteiger partial charge in [0.25, 0.3) is 0 Å². The Labute approximate surface area is 113 Å². The van der Waals surface area contributed by atoms with Crippen LogP contribution >= 0.6 is 0 Å². The molecule has 2 aliphatic rings. The fraction of sp³-hybridized carbons (Fsp3) is 0.562. The highest BCUT2D eigenvalue weighted by atomic mass is 16.5. The topological polar surface area (TPSA) is 38.7 Å². The normalized spacial score (nSPS) is 22.3. The lowest BCUT2D eigenvalue weighted by Gasteiger charge is -2.37. The second-order valence-electron chi connectivity index (χ2n) is 5.60. The SMILES string of the molecule is O=C=NC1(c2ccc(C3CCOCC3)cc2)CCC1. The molecule has 0 aromatic heterocycles. The first-order chi connectivity index (χ1) is 9.34. The van der Waals surface area contributed by atoms with E-state index in [1.807, 2.05) is 0 Å². The highest BCUT2D eigenvalue weighted by molar-refractivity contribution is 5.40. The first-order valence-corrected chi connectivity index (χ1v) is 7.11. The Kier molecular flexibility index (Phi) is 3.50. The van der Waals surface area contributed by atoms with Crippen molar-refractivity contribution >= 4 is 6.08 Å². The first kappa shape index (κ1) is 12.6. The van der Waals surface area contributed by atoms with Gasteiger partial charge in [-0.3, -0.25) is 0 Å². The molecule has 0 unspecified atom stereocenters. The van der Waals surface area contributed by atoms with Crippen LogP contribution < -0.4 is 0 Å². The standard InChI is InChI=1S/C16H19NO2/c18-12-17-16(8-1-9-16)15-4-2-13(3-5-15)14-6-10-19-11-7-14/h2-5,14H,1,6-11H2. The minimum absolute atomic E-state index is 0.268. The lowest BCUT2D eigenvalue weighted by atomic mass is 9.72. The fourth-order valence-corrected chi connectivity index (χ4v) is 3.16. The van der Waals surface area contributed by atoms with E-state index in [1.165, 1.54) is 5.56 Å². The van der Waals surface area contributed by atoms with Crippen LogP contribution in [0, 0.1) is 0 Å². The summed E-state index contributed by atoms with van der Waals surface area (Å²) in [6.07, 6.45) is 7.05. The van der Waals surface area contributed by atoms with Crippen molar-refractivity contribution in [2.45, 2.75) is 43.6 Å². The average Bonchev–Trinajstić information content (AvgIpc) is 2.44. The van der Waals surface area contributed by atoms with E-state index in [0.717, 1.165) is 50.9 Å². The van der Waals surface area contributed by atoms with E-state index in [1.54, 1.807) is 6.08 Å². The summed E-state index contributed by atoms with van der Waals surface area (Å²) < 4.78 is 5.40. The van der Waals surface area contributed by atoms with E-state index >= 15 is 0 Å². The molecule has 0 spiro atoms. The molecule has 1 heterocycles. The molecule has 1 saturated carbocycles. The molecule has 0 bridgehead atoms. The molecule has 3 heteroatoms. The predicted molar refractivity (Wildman–Crippen MR) is 72.9 cm³/mol. The van der Waals surface area contributed by atoms with Crippen molar-refractivity contribution in [3.05, 3.63) is 35.4 Å². The summed E-state index contributed by atoms with van der Waals surface area (Å²) in [6.45, 7) is 1.73. The van der Waals surface area contributed by atoms with Crippen molar-refractivity contribution in [2.24, 2.45) is 4.99 Å². The van der Waals surface area contributed by atoms with E-state index in [2.05, 4.69) is 29.3 Å². The van der Waals surface area contributed by atoms with Crippen LogP contribution in [0.15, 0.2) is 29.3 Å². The van der Waals surface area contributed by atoms with Gasteiger partial charge in [-0.15, -0.1) is 0 Å². The third-order valence-corrected chi connectivity index (χ3v) is 4.58. The Balaban J connectivity index is 1.80. The van der Waals surface area contributed by atoms with Crippen LogP contribution in [-0.2, 0) is 15.1 Å². The molecule has 19 heavy (non-hydrogen) atoms. The van der Waals surface area contributed by atoms with E-state index in [4.69, 9.17) is 4.74 Å². The summed E-state index contributed by atoms with van der Waals surface area (Å²) in [7, 11) is 0. The number of nitrogens with zero attached hydrogens (tertiary/aromatic N) is 1. The number of hydrogen-bond donors (Lipinski definition) is 0. The van der Waals surface area contributed by atoms with Gasteiger partial charge >= 0.3 is 0 Å². The van der Waals surface area contributed by atoms with Crippen LogP contribution in [0.1, 0.15) is 49.1 Å². The molecule has 2 fully saturated rings. The van der Waals surface area contributed by atoms with Gasteiger partial charge in [0.1, 0.15) is 0 Å². The Morgan fingerprint density at radius 2 is 1.84 bits per heavy atom. The number of carbonyl (C=O) groups excluding carboxylic acids is 1. The average molecular weight is 257 g/mol. The Morgan fingerprint density at radius 1 is 1.16 bits per heavy atom. The van der Waals surface area contributed by atoms with E-state index in [-0.39, 0.29) is 5.54 Å². The maximum atomic E-state index is 10.6. The summed E-state index contributed by atoms with van der Waals surface area (Å²) in [5, 5.41) is 0. The molecule has 0 amide bonds. The van der Waals surface area contributed by atoms with Crippen molar-refractivity contribution in [2.75, 3.05) is 13.2 Å². The molecule has 0 N–H and O–H groups in total. The summed E-state index contributed by atoms with van der Waals surface area (Å²) in [5.41, 5.74) is 2.28. The van der Waals surface area contributed by atoms with Gasteiger partial charge in [-0.1, -0.05) is 24.3 Å². The van der Waals surface area contributed by atoms with Gasteiger partial charge in [0.15, 0.2) is 0 Å². The van der Waals surface area contributed by atoms with Crippen LogP contribution in [0.25, 0.3) is 0 Å². The summed E-state index contributed by atoms with van der Waals surface area (Å²) >= 11 is 0. The summed E-state index contributed by atoms with van der Waals surface area (Å²) in [6, 6.07) is 8.69. The van der Waals surface area contributed by atoms with E-state index in [9.17, 15) is 4.79 Å². The Bertz CT molecular complexity index is 478. The number of isocyanates is 1. The van der Waals surface area contributed by atoms with Crippen molar-refractivity contribution in [1.29, 1.82) is 0 Å². The highest BCUT2D eigenvalue weighted by Crippen LogP contribution is 2.45. The van der Waals surface area contributed by atoms with Gasteiger partial charge in [0.2, 0.25) is 6.08 Å². The first-order valence-electron chi connectivity index (χ1n) is 7.11. The molecular weight excluding hydrogens is 238 g/mol. The van der Waals surface area contributed by atoms with Crippen LogP contribution in [0.5, 0.6) is 0 Å². The van der Waals surface area contributed by atoms with E-state index in [0.29, 0.717) is 5.92 Å². The van der Waals surface area contributed by atoms with Gasteiger partial charge in [-0.2, -0.15) is 4.99 Å². The molecule has 3 rings (SSSR count). The molecular formula is C16H19NO2. The maximum absolute atomic E-state index is 10.6. The Hall–Kier alpha value is -1.44. The monoisotopic (exact) mass is 257 g/mol. The molecule has 1 aliphatic carbocycles. The molecule has 100 valence electrons. The van der Waals surface area contributed by atoms with Gasteiger partial charge in [-0.25, -0.2) is 4.79 Å². The van der Waals surface area contributed by atoms with Gasteiger partial charge in [-0.05, 0) is 49.1 Å². The van der Waals surface area contributed by atoms with E-state index < -0.39 is 0 Å². The molecule has 3 nitrogen and oxygen atoms in total. The second kappa shape index (κ2) is 5.28. The number of rotatable bonds is 3. The molecule has 1 saturated heterocycles. The largest absolute Gasteiger partial charge is 0.381 e. The summed E-state index contributed by atoms with van der Waals surface area (Å²) in [5.74, 6) is 0.620. The maximum Gasteiger partial charge on any atom is 0.235 e. The zero-order valence-corrected chi connectivity index (χ0v) is 11.1. The zero-order valence-electron chi connectivity index (χ0n) is 11.1. The third kappa shape index (κ3) is 2.36. The molecule has 0 atom stereocenters. The van der Waals surface area contributed by atoms with Gasteiger partial charge in [0, 0.05) is 13.2 Å². The number of aliphatic imine (C=N–C) groups is 1. The molecule has 1 aliphatic heterocycles. The summed E-state index contributed by atoms with van der Waals surface area (Å²) in [4.78, 5) is 14.6. The molecule has 1 aromatic rings. The van der Waals surface area contributed by atoms with Gasteiger partial charge in [0.05, 0.1) is 5.54 Å². The minimum Gasteiger partial charge on any atom is -0.381 e. The van der Waals surface area contributed by atoms with Crippen LogP contribution in [0.3, 0.4) is 0 Å². The molecule has 1 aromatic carbocycles. The second-order valence-corrected chi connectivity index (χ2v) is 5.60. The minimum atomic E-state index is -0.268. The number of hydrogen-bond acceptors (Lipinski definition) is 3. The quantitative estimate of drug-likeness (QED) is 0.615. The van der Waals surface area contributed by atoms with Crippen LogP contribution in [-0.4, -0.2) is 19.3 Å². The number of ether oxygens (including phenoxy) is 1. The fourth-order valence-electron chi connectivity index (χ4n) is 3.16. The third-order valence-electron chi connectivity index (χ3n) is 4.58. The van der Waals surface area contributed by atoms with Crippen molar-refractivity contribution in [3.63, 3.8) is 0 Å². The Morgan fingerprint density at radius 3 is 2.37 bits per heavy atom. The number of benzene rings is 1. The van der Waals surface area contributed by atoms with Crippen molar-refractivity contribution < 1.29 is 9.53 Å².